The number of nitrogens with one attached hydrogen (secondary N) is 2. The van der Waals surface area contributed by atoms with Crippen molar-refractivity contribution in [3.05, 3.63) is 54.1 Å². The second-order valence-corrected chi connectivity index (χ2v) is 4.03. The van der Waals surface area contributed by atoms with Gasteiger partial charge in [0.15, 0.2) is 0 Å². The van der Waals surface area contributed by atoms with E-state index in [2.05, 4.69) is 31.5 Å². The van der Waals surface area contributed by atoms with E-state index in [0.29, 0.717) is 6.54 Å². The molecule has 0 radical (unpaired) electrons. The minimum atomic E-state index is 0.709. The number of hydrogen-bond acceptors (Lipinski definition) is 4. The zero-order valence-corrected chi connectivity index (χ0v) is 9.80. The highest BCUT2D eigenvalue weighted by atomic mass is 15.1. The summed E-state index contributed by atoms with van der Waals surface area (Å²) in [6.07, 6.45) is 5.45. The molecule has 5 nitrogen and oxygen atoms in total. The fourth-order valence-electron chi connectivity index (χ4n) is 1.91. The van der Waals surface area contributed by atoms with Crippen LogP contribution in [0.15, 0.2) is 42.9 Å². The summed E-state index contributed by atoms with van der Waals surface area (Å²) < 4.78 is 0. The standard InChI is InChI=1S/C13H13N5/c1-3-11(18-17-6-1)9-14-7-10-8-16-13-12(10)4-2-5-15-13/h1-6,8,14H,7,9H2,(H,15,16). The lowest BCUT2D eigenvalue weighted by Gasteiger charge is -2.02. The van der Waals surface area contributed by atoms with Crippen LogP contribution in [0.25, 0.3) is 11.0 Å². The molecule has 18 heavy (non-hydrogen) atoms. The summed E-state index contributed by atoms with van der Waals surface area (Å²) in [7, 11) is 0. The molecular formula is C13H13N5. The first-order valence-corrected chi connectivity index (χ1v) is 5.82. The molecule has 2 N–H and O–H groups in total. The van der Waals surface area contributed by atoms with Gasteiger partial charge in [-0.2, -0.15) is 10.2 Å². The third kappa shape index (κ3) is 2.21. The molecule has 0 spiro atoms. The first-order valence-electron chi connectivity index (χ1n) is 5.82. The van der Waals surface area contributed by atoms with Gasteiger partial charge in [0.25, 0.3) is 0 Å². The van der Waals surface area contributed by atoms with Crippen LogP contribution in [0.3, 0.4) is 0 Å². The highest BCUT2D eigenvalue weighted by molar-refractivity contribution is 5.79. The van der Waals surface area contributed by atoms with E-state index in [1.807, 2.05) is 24.4 Å². The van der Waals surface area contributed by atoms with Crippen LogP contribution in [-0.2, 0) is 13.1 Å². The van der Waals surface area contributed by atoms with Crippen molar-refractivity contribution in [2.75, 3.05) is 0 Å². The average molecular weight is 239 g/mol. The van der Waals surface area contributed by atoms with Crippen molar-refractivity contribution in [3.63, 3.8) is 0 Å². The lowest BCUT2D eigenvalue weighted by atomic mass is 10.2. The van der Waals surface area contributed by atoms with Crippen LogP contribution in [0.1, 0.15) is 11.3 Å². The van der Waals surface area contributed by atoms with Gasteiger partial charge in [-0.05, 0) is 29.8 Å². The van der Waals surface area contributed by atoms with E-state index in [9.17, 15) is 0 Å². The summed E-state index contributed by atoms with van der Waals surface area (Å²) in [5.41, 5.74) is 3.08. The Hall–Kier alpha value is -2.27. The van der Waals surface area contributed by atoms with Crippen LogP contribution < -0.4 is 5.32 Å². The van der Waals surface area contributed by atoms with Crippen LogP contribution >= 0.6 is 0 Å². The Labute approximate surface area is 104 Å². The van der Waals surface area contributed by atoms with Gasteiger partial charge in [0.2, 0.25) is 0 Å². The largest absolute Gasteiger partial charge is 0.346 e. The van der Waals surface area contributed by atoms with E-state index in [1.54, 1.807) is 12.4 Å². The van der Waals surface area contributed by atoms with Crippen LogP contribution in [0.5, 0.6) is 0 Å². The number of nitrogens with zero attached hydrogens (tertiary/aromatic N) is 3. The number of rotatable bonds is 4. The van der Waals surface area contributed by atoms with Gasteiger partial charge < -0.3 is 10.3 Å². The predicted octanol–water partition coefficient (Wildman–Crippen LogP) is 1.64. The van der Waals surface area contributed by atoms with Crippen molar-refractivity contribution in [2.45, 2.75) is 13.1 Å². The van der Waals surface area contributed by atoms with Gasteiger partial charge in [-0.15, -0.1) is 0 Å². The Kier molecular flexibility index (Phi) is 2.97. The van der Waals surface area contributed by atoms with E-state index in [-0.39, 0.29) is 0 Å². The number of H-pyrrole nitrogens is 1. The third-order valence-corrected chi connectivity index (χ3v) is 2.79. The summed E-state index contributed by atoms with van der Waals surface area (Å²) >= 11 is 0. The van der Waals surface area contributed by atoms with Crippen molar-refractivity contribution < 1.29 is 0 Å². The molecule has 0 aliphatic carbocycles. The van der Waals surface area contributed by atoms with Crippen LogP contribution in [-0.4, -0.2) is 20.2 Å². The van der Waals surface area contributed by atoms with Crippen molar-refractivity contribution in [1.29, 1.82) is 0 Å². The summed E-state index contributed by atoms with van der Waals surface area (Å²) in [5.74, 6) is 0. The maximum absolute atomic E-state index is 4.26. The topological polar surface area (TPSA) is 66.5 Å². The van der Waals surface area contributed by atoms with E-state index in [0.717, 1.165) is 23.3 Å². The van der Waals surface area contributed by atoms with Gasteiger partial charge >= 0.3 is 0 Å². The zero-order chi connectivity index (χ0) is 12.2. The van der Waals surface area contributed by atoms with E-state index < -0.39 is 0 Å². The van der Waals surface area contributed by atoms with Crippen LogP contribution in [0.4, 0.5) is 0 Å². The normalized spacial score (nSPS) is 10.9. The smallest absolute Gasteiger partial charge is 0.137 e. The van der Waals surface area contributed by atoms with Gasteiger partial charge in [-0.1, -0.05) is 0 Å². The molecule has 3 heterocycles. The molecular weight excluding hydrogens is 226 g/mol. The fourth-order valence-corrected chi connectivity index (χ4v) is 1.91. The van der Waals surface area contributed by atoms with Crippen LogP contribution in [0, 0.1) is 0 Å². The number of fused-ring (bicyclic) bond motifs is 1. The monoisotopic (exact) mass is 239 g/mol. The second-order valence-electron chi connectivity index (χ2n) is 4.03. The highest BCUT2D eigenvalue weighted by Gasteiger charge is 2.03. The number of aromatic amines is 1. The van der Waals surface area contributed by atoms with E-state index >= 15 is 0 Å². The minimum absolute atomic E-state index is 0.709. The molecule has 3 aromatic rings. The Morgan fingerprint density at radius 3 is 2.94 bits per heavy atom. The van der Waals surface area contributed by atoms with E-state index in [4.69, 9.17) is 0 Å². The van der Waals surface area contributed by atoms with Crippen molar-refractivity contribution in [1.82, 2.24) is 25.5 Å². The molecule has 3 rings (SSSR count). The average Bonchev–Trinajstić information content (AvgIpc) is 2.84. The molecule has 3 aromatic heterocycles. The summed E-state index contributed by atoms with van der Waals surface area (Å²) in [6, 6.07) is 7.86. The van der Waals surface area contributed by atoms with Gasteiger partial charge in [0.05, 0.1) is 5.69 Å². The van der Waals surface area contributed by atoms with Crippen LogP contribution in [0.2, 0.25) is 0 Å². The molecule has 90 valence electrons. The van der Waals surface area contributed by atoms with Gasteiger partial charge in [0.1, 0.15) is 5.65 Å². The number of pyridine rings is 1. The molecule has 0 aliphatic heterocycles. The van der Waals surface area contributed by atoms with Crippen molar-refractivity contribution in [3.8, 4) is 0 Å². The predicted molar refractivity (Wildman–Crippen MR) is 68.7 cm³/mol. The SMILES string of the molecule is c1cnnc(CNCc2c[nH]c3ncccc23)c1. The first kappa shape index (κ1) is 10.9. The molecule has 0 bridgehead atoms. The lowest BCUT2D eigenvalue weighted by Crippen LogP contribution is -2.13. The molecule has 0 fully saturated rings. The quantitative estimate of drug-likeness (QED) is 0.726. The van der Waals surface area contributed by atoms with E-state index in [1.165, 1.54) is 5.56 Å². The Balaban J connectivity index is 1.67. The molecule has 0 amide bonds. The molecule has 0 saturated heterocycles. The summed E-state index contributed by atoms with van der Waals surface area (Å²) in [5, 5.41) is 12.4. The molecule has 0 atom stereocenters. The first-order chi connectivity index (χ1) is 8.93. The minimum Gasteiger partial charge on any atom is -0.346 e. The number of aromatic nitrogens is 4. The highest BCUT2D eigenvalue weighted by Crippen LogP contribution is 2.15. The molecule has 5 heteroatoms. The Morgan fingerprint density at radius 2 is 2.06 bits per heavy atom. The molecule has 0 saturated carbocycles. The number of hydrogen-bond donors (Lipinski definition) is 2. The van der Waals surface area contributed by atoms with Gasteiger partial charge in [-0.3, -0.25) is 0 Å². The Morgan fingerprint density at radius 1 is 1.11 bits per heavy atom. The molecule has 0 unspecified atom stereocenters. The Bertz CT molecular complexity index is 632. The molecule has 0 aliphatic rings. The summed E-state index contributed by atoms with van der Waals surface area (Å²) in [4.78, 5) is 7.42. The van der Waals surface area contributed by atoms with Crippen molar-refractivity contribution in [2.24, 2.45) is 0 Å². The lowest BCUT2D eigenvalue weighted by molar-refractivity contribution is 0.672. The molecule has 0 aromatic carbocycles. The van der Waals surface area contributed by atoms with Gasteiger partial charge in [-0.25, -0.2) is 4.98 Å². The maximum Gasteiger partial charge on any atom is 0.137 e. The zero-order valence-electron chi connectivity index (χ0n) is 9.80. The fraction of sp³-hybridized carbons (Fsp3) is 0.154. The second kappa shape index (κ2) is 4.93. The van der Waals surface area contributed by atoms with Crippen molar-refractivity contribution >= 4 is 11.0 Å². The maximum atomic E-state index is 4.26. The summed E-state index contributed by atoms with van der Waals surface area (Å²) in [6.45, 7) is 1.49. The third-order valence-electron chi connectivity index (χ3n) is 2.79. The van der Waals surface area contributed by atoms with Gasteiger partial charge in [0, 0.05) is 37.1 Å².